The van der Waals surface area contributed by atoms with E-state index in [1.165, 1.54) is 11.3 Å². The van der Waals surface area contributed by atoms with Crippen LogP contribution in [0.15, 0.2) is 5.38 Å². The Morgan fingerprint density at radius 3 is 2.88 bits per heavy atom. The van der Waals surface area contributed by atoms with Crippen LogP contribution in [-0.4, -0.2) is 42.5 Å². The molecule has 0 aliphatic rings. The van der Waals surface area contributed by atoms with Crippen LogP contribution in [0.1, 0.15) is 12.6 Å². The molecular formula is C10H18N4OS. The van der Waals surface area contributed by atoms with Crippen molar-refractivity contribution in [1.29, 1.82) is 0 Å². The SMILES string of the molecule is CC(CNC(=O)Cc1csc(N)n1)N(C)C. The highest BCUT2D eigenvalue weighted by Crippen LogP contribution is 2.11. The molecule has 1 aromatic heterocycles. The number of nitrogen functional groups attached to an aromatic ring is 1. The number of thiazole rings is 1. The van der Waals surface area contributed by atoms with E-state index in [0.29, 0.717) is 24.1 Å². The van der Waals surface area contributed by atoms with Gasteiger partial charge in [0.15, 0.2) is 5.13 Å². The zero-order valence-electron chi connectivity index (χ0n) is 9.86. The summed E-state index contributed by atoms with van der Waals surface area (Å²) < 4.78 is 0. The minimum absolute atomic E-state index is 0.0148. The van der Waals surface area contributed by atoms with Crippen LogP contribution in [0.3, 0.4) is 0 Å². The van der Waals surface area contributed by atoms with Gasteiger partial charge in [0.25, 0.3) is 0 Å². The van der Waals surface area contributed by atoms with E-state index < -0.39 is 0 Å². The number of aromatic nitrogens is 1. The second-order valence-electron chi connectivity index (χ2n) is 3.97. The van der Waals surface area contributed by atoms with Crippen molar-refractivity contribution in [3.05, 3.63) is 11.1 Å². The monoisotopic (exact) mass is 242 g/mol. The van der Waals surface area contributed by atoms with Crippen LogP contribution >= 0.6 is 11.3 Å². The summed E-state index contributed by atoms with van der Waals surface area (Å²) in [5.74, 6) is -0.0148. The van der Waals surface area contributed by atoms with Crippen molar-refractivity contribution in [2.75, 3.05) is 26.4 Å². The number of rotatable bonds is 5. The minimum atomic E-state index is -0.0148. The molecule has 1 amide bonds. The number of likely N-dealkylation sites (N-methyl/N-ethyl adjacent to an activating group) is 1. The predicted octanol–water partition coefficient (Wildman–Crippen LogP) is 0.334. The van der Waals surface area contributed by atoms with Crippen molar-refractivity contribution < 1.29 is 4.79 Å². The Morgan fingerprint density at radius 2 is 2.38 bits per heavy atom. The van der Waals surface area contributed by atoms with Crippen molar-refractivity contribution in [3.63, 3.8) is 0 Å². The lowest BCUT2D eigenvalue weighted by molar-refractivity contribution is -0.120. The van der Waals surface area contributed by atoms with Gasteiger partial charge >= 0.3 is 0 Å². The summed E-state index contributed by atoms with van der Waals surface area (Å²) >= 11 is 1.35. The van der Waals surface area contributed by atoms with Crippen LogP contribution in [0.2, 0.25) is 0 Å². The van der Waals surface area contributed by atoms with Gasteiger partial charge < -0.3 is 16.0 Å². The summed E-state index contributed by atoms with van der Waals surface area (Å²) in [6, 6.07) is 0.324. The quantitative estimate of drug-likeness (QED) is 0.781. The molecule has 3 N–H and O–H groups in total. The predicted molar refractivity (Wildman–Crippen MR) is 66.4 cm³/mol. The molecule has 0 aromatic carbocycles. The number of nitrogens with two attached hydrogens (primary N) is 1. The average molecular weight is 242 g/mol. The Morgan fingerprint density at radius 1 is 1.69 bits per heavy atom. The Kier molecular flexibility index (Phi) is 4.70. The van der Waals surface area contributed by atoms with Gasteiger partial charge in [0.05, 0.1) is 12.1 Å². The summed E-state index contributed by atoms with van der Waals surface area (Å²) in [5, 5.41) is 5.18. The first kappa shape index (κ1) is 12.9. The van der Waals surface area contributed by atoms with Crippen molar-refractivity contribution in [3.8, 4) is 0 Å². The van der Waals surface area contributed by atoms with E-state index in [1.807, 2.05) is 19.5 Å². The average Bonchev–Trinajstić information content (AvgIpc) is 2.60. The third-order valence-electron chi connectivity index (χ3n) is 2.39. The molecule has 0 saturated carbocycles. The molecule has 0 spiro atoms. The van der Waals surface area contributed by atoms with Gasteiger partial charge in [0.1, 0.15) is 0 Å². The molecule has 0 aliphatic heterocycles. The number of anilines is 1. The minimum Gasteiger partial charge on any atom is -0.375 e. The van der Waals surface area contributed by atoms with Gasteiger partial charge in [-0.2, -0.15) is 0 Å². The molecule has 0 aliphatic carbocycles. The molecule has 5 nitrogen and oxygen atoms in total. The van der Waals surface area contributed by atoms with Gasteiger partial charge in [-0.05, 0) is 21.0 Å². The fraction of sp³-hybridized carbons (Fsp3) is 0.600. The summed E-state index contributed by atoms with van der Waals surface area (Å²) in [6.45, 7) is 2.70. The first-order valence-electron chi connectivity index (χ1n) is 5.12. The van der Waals surface area contributed by atoms with Crippen LogP contribution in [0.25, 0.3) is 0 Å². The molecule has 1 rings (SSSR count). The van der Waals surface area contributed by atoms with Crippen LogP contribution < -0.4 is 11.1 Å². The van der Waals surface area contributed by atoms with E-state index in [2.05, 4.69) is 22.1 Å². The molecule has 0 radical (unpaired) electrons. The van der Waals surface area contributed by atoms with E-state index >= 15 is 0 Å². The lowest BCUT2D eigenvalue weighted by Gasteiger charge is -2.19. The Labute approximate surface area is 99.7 Å². The maximum absolute atomic E-state index is 11.5. The van der Waals surface area contributed by atoms with Gasteiger partial charge in [0.2, 0.25) is 5.91 Å². The van der Waals surface area contributed by atoms with Crippen molar-refractivity contribution in [2.45, 2.75) is 19.4 Å². The number of carbonyl (C=O) groups is 1. The largest absolute Gasteiger partial charge is 0.375 e. The Balaban J connectivity index is 2.31. The maximum Gasteiger partial charge on any atom is 0.226 e. The third kappa shape index (κ3) is 4.16. The van der Waals surface area contributed by atoms with Crippen molar-refractivity contribution in [2.24, 2.45) is 0 Å². The second-order valence-corrected chi connectivity index (χ2v) is 4.86. The van der Waals surface area contributed by atoms with E-state index in [4.69, 9.17) is 5.73 Å². The number of carbonyl (C=O) groups excluding carboxylic acids is 1. The van der Waals surface area contributed by atoms with Gasteiger partial charge in [-0.15, -0.1) is 11.3 Å². The normalized spacial score (nSPS) is 12.8. The van der Waals surface area contributed by atoms with E-state index in [-0.39, 0.29) is 5.91 Å². The number of hydrogen-bond acceptors (Lipinski definition) is 5. The van der Waals surface area contributed by atoms with Crippen LogP contribution in [0, 0.1) is 0 Å². The standard InChI is InChI=1S/C10H18N4OS/c1-7(14(2)3)5-12-9(15)4-8-6-16-10(11)13-8/h6-7H,4-5H2,1-3H3,(H2,11,13)(H,12,15). The molecule has 6 heteroatoms. The van der Waals surface area contributed by atoms with Gasteiger partial charge in [0, 0.05) is 18.0 Å². The lowest BCUT2D eigenvalue weighted by atomic mass is 10.3. The van der Waals surface area contributed by atoms with Crippen molar-refractivity contribution in [1.82, 2.24) is 15.2 Å². The highest BCUT2D eigenvalue weighted by atomic mass is 32.1. The first-order chi connectivity index (χ1) is 7.49. The maximum atomic E-state index is 11.5. The second kappa shape index (κ2) is 5.81. The molecule has 0 bridgehead atoms. The summed E-state index contributed by atoms with van der Waals surface area (Å²) in [4.78, 5) is 17.6. The topological polar surface area (TPSA) is 71.2 Å². The van der Waals surface area contributed by atoms with Crippen LogP contribution in [0.5, 0.6) is 0 Å². The highest BCUT2D eigenvalue weighted by Gasteiger charge is 2.09. The Bertz CT molecular complexity index is 350. The van der Waals surface area contributed by atoms with E-state index in [1.54, 1.807) is 0 Å². The first-order valence-corrected chi connectivity index (χ1v) is 6.00. The van der Waals surface area contributed by atoms with Crippen LogP contribution in [-0.2, 0) is 11.2 Å². The summed E-state index contributed by atoms with van der Waals surface area (Å²) in [6.07, 6.45) is 0.299. The van der Waals surface area contributed by atoms with Gasteiger partial charge in [-0.25, -0.2) is 4.98 Å². The molecule has 1 unspecified atom stereocenters. The molecule has 90 valence electrons. The zero-order chi connectivity index (χ0) is 12.1. The smallest absolute Gasteiger partial charge is 0.226 e. The molecule has 1 atom stereocenters. The summed E-state index contributed by atoms with van der Waals surface area (Å²) in [5.41, 5.74) is 6.22. The van der Waals surface area contributed by atoms with Crippen molar-refractivity contribution >= 4 is 22.4 Å². The zero-order valence-corrected chi connectivity index (χ0v) is 10.7. The Hall–Kier alpha value is -1.14. The number of amides is 1. The fourth-order valence-electron chi connectivity index (χ4n) is 1.07. The molecular weight excluding hydrogens is 224 g/mol. The van der Waals surface area contributed by atoms with Crippen LogP contribution in [0.4, 0.5) is 5.13 Å². The molecule has 1 aromatic rings. The summed E-state index contributed by atoms with van der Waals surface area (Å²) in [7, 11) is 3.97. The molecule has 1 heterocycles. The highest BCUT2D eigenvalue weighted by molar-refractivity contribution is 7.13. The van der Waals surface area contributed by atoms with Gasteiger partial charge in [-0.3, -0.25) is 4.79 Å². The number of nitrogens with one attached hydrogen (secondary N) is 1. The van der Waals surface area contributed by atoms with Gasteiger partial charge in [-0.1, -0.05) is 0 Å². The molecule has 0 saturated heterocycles. The van der Waals surface area contributed by atoms with E-state index in [0.717, 1.165) is 5.69 Å². The molecule has 16 heavy (non-hydrogen) atoms. The lowest BCUT2D eigenvalue weighted by Crippen LogP contribution is -2.38. The van der Waals surface area contributed by atoms with E-state index in [9.17, 15) is 4.79 Å². The fourth-order valence-corrected chi connectivity index (χ4v) is 1.64. The molecule has 0 fully saturated rings. The third-order valence-corrected chi connectivity index (χ3v) is 3.11. The number of nitrogens with zero attached hydrogens (tertiary/aromatic N) is 2. The number of hydrogen-bond donors (Lipinski definition) is 2.